The highest BCUT2D eigenvalue weighted by Gasteiger charge is 2.07. The van der Waals surface area contributed by atoms with E-state index < -0.39 is 0 Å². The van der Waals surface area contributed by atoms with Crippen molar-refractivity contribution in [3.8, 4) is 0 Å². The first-order chi connectivity index (χ1) is 9.74. The Morgan fingerprint density at radius 1 is 1.25 bits per heavy atom. The molecule has 20 heavy (non-hydrogen) atoms. The number of carbonyl (C=O) groups excluding carboxylic acids is 1. The Balaban J connectivity index is 1.74. The maximum absolute atomic E-state index is 12.1. The van der Waals surface area contributed by atoms with Gasteiger partial charge in [0.1, 0.15) is 0 Å². The number of nitrogens with one attached hydrogen (secondary N) is 2. The molecule has 4 nitrogen and oxygen atoms in total. The normalized spacial score (nSPS) is 10.7. The van der Waals surface area contributed by atoms with E-state index in [9.17, 15) is 4.79 Å². The van der Waals surface area contributed by atoms with Gasteiger partial charge in [-0.2, -0.15) is 0 Å². The second kappa shape index (κ2) is 5.17. The first-order valence-electron chi connectivity index (χ1n) is 6.50. The van der Waals surface area contributed by atoms with Crippen LogP contribution in [0.2, 0.25) is 0 Å². The molecule has 0 saturated heterocycles. The van der Waals surface area contributed by atoms with Crippen LogP contribution in [0.3, 0.4) is 0 Å². The fourth-order valence-electron chi connectivity index (χ4n) is 2.16. The molecule has 0 spiro atoms. The van der Waals surface area contributed by atoms with Gasteiger partial charge in [-0.25, -0.2) is 4.98 Å². The first kappa shape index (κ1) is 12.4. The van der Waals surface area contributed by atoms with Crippen molar-refractivity contribution >= 4 is 16.9 Å². The number of H-pyrrole nitrogens is 1. The van der Waals surface area contributed by atoms with Gasteiger partial charge in [0.2, 0.25) is 0 Å². The lowest BCUT2D eigenvalue weighted by Gasteiger charge is -2.08. The van der Waals surface area contributed by atoms with Crippen molar-refractivity contribution in [3.63, 3.8) is 0 Å². The van der Waals surface area contributed by atoms with Crippen LogP contribution in [0.15, 0.2) is 48.8 Å². The van der Waals surface area contributed by atoms with Crippen molar-refractivity contribution in [1.82, 2.24) is 15.3 Å². The molecule has 2 aromatic carbocycles. The van der Waals surface area contributed by atoms with Crippen LogP contribution in [-0.4, -0.2) is 15.9 Å². The molecule has 1 heterocycles. The number of amides is 1. The number of nitrogens with zero attached hydrogens (tertiary/aromatic N) is 1. The zero-order valence-corrected chi connectivity index (χ0v) is 11.2. The number of hydrogen-bond donors (Lipinski definition) is 2. The quantitative estimate of drug-likeness (QED) is 0.765. The number of aromatic amines is 1. The smallest absolute Gasteiger partial charge is 0.251 e. The van der Waals surface area contributed by atoms with Gasteiger partial charge in [0, 0.05) is 12.1 Å². The molecule has 0 unspecified atom stereocenters. The Labute approximate surface area is 116 Å². The van der Waals surface area contributed by atoms with Gasteiger partial charge in [-0.3, -0.25) is 4.79 Å². The Kier molecular flexibility index (Phi) is 3.21. The van der Waals surface area contributed by atoms with Gasteiger partial charge < -0.3 is 10.3 Å². The summed E-state index contributed by atoms with van der Waals surface area (Å²) in [5.74, 6) is -0.0789. The molecule has 100 valence electrons. The molecule has 0 atom stereocenters. The van der Waals surface area contributed by atoms with Crippen LogP contribution in [0.4, 0.5) is 0 Å². The number of aromatic nitrogens is 2. The summed E-state index contributed by atoms with van der Waals surface area (Å²) in [6.07, 6.45) is 1.62. The van der Waals surface area contributed by atoms with Crippen molar-refractivity contribution in [3.05, 3.63) is 65.5 Å². The molecule has 3 rings (SSSR count). The van der Waals surface area contributed by atoms with E-state index in [1.165, 1.54) is 5.56 Å². The monoisotopic (exact) mass is 265 g/mol. The largest absolute Gasteiger partial charge is 0.348 e. The van der Waals surface area contributed by atoms with Crippen LogP contribution >= 0.6 is 0 Å². The maximum Gasteiger partial charge on any atom is 0.251 e. The fraction of sp³-hybridized carbons (Fsp3) is 0.125. The average Bonchev–Trinajstić information content (AvgIpc) is 2.93. The van der Waals surface area contributed by atoms with E-state index >= 15 is 0 Å². The fourth-order valence-corrected chi connectivity index (χ4v) is 2.16. The van der Waals surface area contributed by atoms with Crippen LogP contribution < -0.4 is 5.32 Å². The topological polar surface area (TPSA) is 57.8 Å². The molecule has 4 heteroatoms. The van der Waals surface area contributed by atoms with E-state index in [2.05, 4.69) is 15.3 Å². The highest BCUT2D eigenvalue weighted by atomic mass is 16.1. The number of fused-ring (bicyclic) bond motifs is 1. The number of hydrogen-bond acceptors (Lipinski definition) is 2. The molecule has 0 aliphatic heterocycles. The minimum atomic E-state index is -0.0789. The minimum Gasteiger partial charge on any atom is -0.348 e. The van der Waals surface area contributed by atoms with E-state index in [0.29, 0.717) is 12.1 Å². The van der Waals surface area contributed by atoms with Crippen molar-refractivity contribution in [1.29, 1.82) is 0 Å². The van der Waals surface area contributed by atoms with Gasteiger partial charge in [-0.1, -0.05) is 24.3 Å². The molecule has 1 amide bonds. The van der Waals surface area contributed by atoms with Crippen molar-refractivity contribution in [2.24, 2.45) is 0 Å². The Hall–Kier alpha value is -2.62. The number of rotatable bonds is 3. The molecule has 0 saturated carbocycles. The van der Waals surface area contributed by atoms with Crippen LogP contribution in [0.1, 0.15) is 21.5 Å². The van der Waals surface area contributed by atoms with Crippen LogP contribution in [0.25, 0.3) is 11.0 Å². The highest BCUT2D eigenvalue weighted by Crippen LogP contribution is 2.12. The maximum atomic E-state index is 12.1. The Morgan fingerprint density at radius 3 is 2.95 bits per heavy atom. The zero-order valence-electron chi connectivity index (χ0n) is 11.2. The SMILES string of the molecule is Cc1ccccc1CNC(=O)c1ccc2nc[nH]c2c1. The number of aryl methyl sites for hydroxylation is 1. The molecule has 0 aliphatic rings. The second-order valence-corrected chi connectivity index (χ2v) is 4.74. The predicted molar refractivity (Wildman–Crippen MR) is 78.4 cm³/mol. The van der Waals surface area contributed by atoms with E-state index in [0.717, 1.165) is 16.6 Å². The molecule has 0 radical (unpaired) electrons. The highest BCUT2D eigenvalue weighted by molar-refractivity contribution is 5.97. The molecule has 2 N–H and O–H groups in total. The van der Waals surface area contributed by atoms with Gasteiger partial charge in [-0.15, -0.1) is 0 Å². The lowest BCUT2D eigenvalue weighted by atomic mass is 10.1. The summed E-state index contributed by atoms with van der Waals surface area (Å²) in [7, 11) is 0. The third-order valence-electron chi connectivity index (χ3n) is 3.38. The summed E-state index contributed by atoms with van der Waals surface area (Å²) in [4.78, 5) is 19.3. The summed E-state index contributed by atoms with van der Waals surface area (Å²) in [5, 5.41) is 2.94. The van der Waals surface area contributed by atoms with Crippen LogP contribution in [-0.2, 0) is 6.54 Å². The summed E-state index contributed by atoms with van der Waals surface area (Å²) in [5.41, 5.74) is 4.67. The van der Waals surface area contributed by atoms with Crippen LogP contribution in [0, 0.1) is 6.92 Å². The van der Waals surface area contributed by atoms with E-state index in [1.807, 2.05) is 43.3 Å². The lowest BCUT2D eigenvalue weighted by Crippen LogP contribution is -2.23. The Morgan fingerprint density at radius 2 is 2.10 bits per heavy atom. The van der Waals surface area contributed by atoms with E-state index in [-0.39, 0.29) is 5.91 Å². The van der Waals surface area contributed by atoms with Gasteiger partial charge >= 0.3 is 0 Å². The van der Waals surface area contributed by atoms with Gasteiger partial charge in [0.05, 0.1) is 17.4 Å². The van der Waals surface area contributed by atoms with Crippen molar-refractivity contribution in [2.75, 3.05) is 0 Å². The number of imidazole rings is 1. The van der Waals surface area contributed by atoms with Crippen molar-refractivity contribution < 1.29 is 4.79 Å². The molecule has 1 aromatic heterocycles. The zero-order chi connectivity index (χ0) is 13.9. The summed E-state index contributed by atoms with van der Waals surface area (Å²) >= 11 is 0. The van der Waals surface area contributed by atoms with Gasteiger partial charge in [-0.05, 0) is 36.2 Å². The standard InChI is InChI=1S/C16H15N3O/c1-11-4-2-3-5-13(11)9-17-16(20)12-6-7-14-15(8-12)19-10-18-14/h2-8,10H,9H2,1H3,(H,17,20)(H,18,19). The average molecular weight is 265 g/mol. The van der Waals surface area contributed by atoms with Gasteiger partial charge in [0.15, 0.2) is 0 Å². The molecule has 3 aromatic rings. The molecule has 0 fully saturated rings. The summed E-state index contributed by atoms with van der Waals surface area (Å²) in [6.45, 7) is 2.57. The summed E-state index contributed by atoms with van der Waals surface area (Å²) < 4.78 is 0. The van der Waals surface area contributed by atoms with E-state index in [1.54, 1.807) is 12.4 Å². The van der Waals surface area contributed by atoms with Gasteiger partial charge in [0.25, 0.3) is 5.91 Å². The number of benzene rings is 2. The molecule has 0 aliphatic carbocycles. The second-order valence-electron chi connectivity index (χ2n) is 4.74. The summed E-state index contributed by atoms with van der Waals surface area (Å²) in [6, 6.07) is 13.5. The first-order valence-corrected chi connectivity index (χ1v) is 6.50. The molecule has 0 bridgehead atoms. The predicted octanol–water partition coefficient (Wildman–Crippen LogP) is 2.80. The lowest BCUT2D eigenvalue weighted by molar-refractivity contribution is 0.0951. The third-order valence-corrected chi connectivity index (χ3v) is 3.38. The Bertz CT molecular complexity index is 761. The third kappa shape index (κ3) is 2.40. The number of carbonyl (C=O) groups is 1. The molecular formula is C16H15N3O. The van der Waals surface area contributed by atoms with Crippen LogP contribution in [0.5, 0.6) is 0 Å². The van der Waals surface area contributed by atoms with Crippen molar-refractivity contribution in [2.45, 2.75) is 13.5 Å². The van der Waals surface area contributed by atoms with E-state index in [4.69, 9.17) is 0 Å². The minimum absolute atomic E-state index is 0.0789. The molecular weight excluding hydrogens is 250 g/mol.